The molecule has 3 nitrogen and oxygen atoms in total. The minimum absolute atomic E-state index is 0.0495. The molecule has 0 aliphatic heterocycles. The van der Waals surface area contributed by atoms with Crippen molar-refractivity contribution in [3.63, 3.8) is 0 Å². The van der Waals surface area contributed by atoms with Gasteiger partial charge in [-0.3, -0.25) is 5.32 Å². The maximum absolute atomic E-state index is 8.80. The van der Waals surface area contributed by atoms with Crippen molar-refractivity contribution in [2.45, 2.75) is 37.1 Å². The molecule has 1 fully saturated rings. The molecule has 13 heavy (non-hydrogen) atoms. The van der Waals surface area contributed by atoms with Crippen LogP contribution in [0.4, 0.5) is 0 Å². The predicted octanol–water partition coefficient (Wildman–Crippen LogP) is 0.745. The lowest BCUT2D eigenvalue weighted by Crippen LogP contribution is -2.32. The molecule has 0 heterocycles. The monoisotopic (exact) mass is 200 g/mol. The molecule has 0 amide bonds. The van der Waals surface area contributed by atoms with Crippen LogP contribution in [0.25, 0.3) is 0 Å². The van der Waals surface area contributed by atoms with E-state index in [2.05, 4.69) is 11.4 Å². The Hall–Kier alpha value is -0.240. The summed E-state index contributed by atoms with van der Waals surface area (Å²) in [5.74, 6) is 0.773. The van der Waals surface area contributed by atoms with E-state index in [0.29, 0.717) is 6.04 Å². The van der Waals surface area contributed by atoms with Crippen molar-refractivity contribution < 1.29 is 5.11 Å². The van der Waals surface area contributed by atoms with E-state index in [-0.39, 0.29) is 17.9 Å². The second-order valence-electron chi connectivity index (χ2n) is 3.45. The Bertz CT molecular complexity index is 189. The fraction of sp³-hybridized carbons (Fsp3) is 0.889. The summed E-state index contributed by atoms with van der Waals surface area (Å²) in [4.78, 5) is 0. The van der Waals surface area contributed by atoms with Gasteiger partial charge < -0.3 is 5.11 Å². The van der Waals surface area contributed by atoms with Gasteiger partial charge in [-0.05, 0) is 12.8 Å². The summed E-state index contributed by atoms with van der Waals surface area (Å²) < 4.78 is 0. The standard InChI is InChI=1S/C9H16N2OS/c1-7(5-12)13-6-9(4-10)11-8-2-3-8/h7-9,11-12H,2-3,5-6H2,1H3. The second kappa shape index (κ2) is 5.48. The van der Waals surface area contributed by atoms with Crippen LogP contribution in [0.1, 0.15) is 19.8 Å². The molecule has 1 rings (SSSR count). The van der Waals surface area contributed by atoms with E-state index in [0.717, 1.165) is 5.75 Å². The van der Waals surface area contributed by atoms with Gasteiger partial charge in [0.2, 0.25) is 0 Å². The first-order valence-corrected chi connectivity index (χ1v) is 5.69. The number of nitriles is 1. The first-order valence-electron chi connectivity index (χ1n) is 4.64. The maximum Gasteiger partial charge on any atom is 0.105 e. The van der Waals surface area contributed by atoms with Crippen molar-refractivity contribution >= 4 is 11.8 Å². The molecule has 0 spiro atoms. The molecule has 0 radical (unpaired) electrons. The third-order valence-electron chi connectivity index (χ3n) is 1.97. The van der Waals surface area contributed by atoms with Crippen molar-refractivity contribution in [2.75, 3.05) is 12.4 Å². The summed E-state index contributed by atoms with van der Waals surface area (Å²) in [6.07, 6.45) is 2.41. The molecule has 74 valence electrons. The van der Waals surface area contributed by atoms with Crippen molar-refractivity contribution in [3.8, 4) is 6.07 Å². The number of nitrogens with zero attached hydrogens (tertiary/aromatic N) is 1. The largest absolute Gasteiger partial charge is 0.395 e. The van der Waals surface area contributed by atoms with Gasteiger partial charge in [-0.2, -0.15) is 17.0 Å². The van der Waals surface area contributed by atoms with Crippen LogP contribution < -0.4 is 5.32 Å². The van der Waals surface area contributed by atoms with E-state index < -0.39 is 0 Å². The van der Waals surface area contributed by atoms with Gasteiger partial charge in [0, 0.05) is 17.0 Å². The van der Waals surface area contributed by atoms with Gasteiger partial charge in [0.1, 0.15) is 6.04 Å². The van der Waals surface area contributed by atoms with E-state index in [4.69, 9.17) is 10.4 Å². The van der Waals surface area contributed by atoms with Crippen LogP contribution in [-0.4, -0.2) is 34.8 Å². The van der Waals surface area contributed by atoms with Gasteiger partial charge in [-0.1, -0.05) is 6.92 Å². The van der Waals surface area contributed by atoms with Crippen LogP contribution in [0.15, 0.2) is 0 Å². The van der Waals surface area contributed by atoms with E-state index in [1.54, 1.807) is 11.8 Å². The van der Waals surface area contributed by atoms with Crippen LogP contribution in [0.3, 0.4) is 0 Å². The third kappa shape index (κ3) is 4.51. The van der Waals surface area contributed by atoms with Gasteiger partial charge >= 0.3 is 0 Å². The molecule has 2 N–H and O–H groups in total. The Morgan fingerprint density at radius 2 is 2.38 bits per heavy atom. The average molecular weight is 200 g/mol. The van der Waals surface area contributed by atoms with Crippen molar-refractivity contribution in [1.29, 1.82) is 5.26 Å². The average Bonchev–Trinajstić information content (AvgIpc) is 2.95. The van der Waals surface area contributed by atoms with E-state index in [9.17, 15) is 0 Å². The molecule has 0 aromatic heterocycles. The molecule has 2 unspecified atom stereocenters. The molecule has 0 bridgehead atoms. The smallest absolute Gasteiger partial charge is 0.105 e. The minimum Gasteiger partial charge on any atom is -0.395 e. The van der Waals surface area contributed by atoms with Gasteiger partial charge in [-0.25, -0.2) is 0 Å². The van der Waals surface area contributed by atoms with Crippen LogP contribution in [0.2, 0.25) is 0 Å². The highest BCUT2D eigenvalue weighted by molar-refractivity contribution is 7.99. The highest BCUT2D eigenvalue weighted by atomic mass is 32.2. The number of aliphatic hydroxyl groups is 1. The molecule has 1 aliphatic rings. The molecule has 0 aromatic carbocycles. The Labute approximate surface area is 83.5 Å². The van der Waals surface area contributed by atoms with Crippen molar-refractivity contribution in [1.82, 2.24) is 5.32 Å². The number of hydrogen-bond donors (Lipinski definition) is 2. The molecule has 2 atom stereocenters. The normalized spacial score (nSPS) is 20.7. The van der Waals surface area contributed by atoms with Crippen molar-refractivity contribution in [2.24, 2.45) is 0 Å². The Balaban J connectivity index is 2.12. The summed E-state index contributed by atoms with van der Waals surface area (Å²) in [6.45, 7) is 2.16. The Morgan fingerprint density at radius 1 is 1.69 bits per heavy atom. The summed E-state index contributed by atoms with van der Waals surface area (Å²) in [6, 6.07) is 2.77. The number of rotatable bonds is 6. The molecule has 4 heteroatoms. The molecule has 0 aromatic rings. The number of thioether (sulfide) groups is 1. The maximum atomic E-state index is 8.80. The minimum atomic E-state index is -0.0495. The molecular weight excluding hydrogens is 184 g/mol. The van der Waals surface area contributed by atoms with Gasteiger partial charge in [-0.15, -0.1) is 0 Å². The lowest BCUT2D eigenvalue weighted by Gasteiger charge is -2.12. The lowest BCUT2D eigenvalue weighted by molar-refractivity contribution is 0.300. The molecule has 1 saturated carbocycles. The summed E-state index contributed by atoms with van der Waals surface area (Å²) >= 11 is 1.64. The molecule has 1 aliphatic carbocycles. The number of aliphatic hydroxyl groups excluding tert-OH is 1. The summed E-state index contributed by atoms with van der Waals surface area (Å²) in [5.41, 5.74) is 0. The fourth-order valence-electron chi connectivity index (χ4n) is 0.970. The summed E-state index contributed by atoms with van der Waals surface area (Å²) in [5, 5.41) is 21.1. The predicted molar refractivity (Wildman–Crippen MR) is 54.6 cm³/mol. The van der Waals surface area contributed by atoms with Crippen LogP contribution in [0.5, 0.6) is 0 Å². The van der Waals surface area contributed by atoms with E-state index in [1.165, 1.54) is 12.8 Å². The summed E-state index contributed by atoms with van der Waals surface area (Å²) in [7, 11) is 0. The Morgan fingerprint density at radius 3 is 2.85 bits per heavy atom. The highest BCUT2D eigenvalue weighted by Gasteiger charge is 2.24. The van der Waals surface area contributed by atoms with Crippen LogP contribution in [0, 0.1) is 11.3 Å². The number of nitrogens with one attached hydrogen (secondary N) is 1. The van der Waals surface area contributed by atoms with Gasteiger partial charge in [0.25, 0.3) is 0 Å². The lowest BCUT2D eigenvalue weighted by atomic mass is 10.4. The zero-order valence-electron chi connectivity index (χ0n) is 7.86. The quantitative estimate of drug-likeness (QED) is 0.664. The zero-order chi connectivity index (χ0) is 9.68. The first kappa shape index (κ1) is 10.8. The molecule has 0 saturated heterocycles. The van der Waals surface area contributed by atoms with E-state index in [1.807, 2.05) is 6.92 Å². The highest BCUT2D eigenvalue weighted by Crippen LogP contribution is 2.20. The SMILES string of the molecule is CC(CO)SCC(C#N)NC1CC1. The molecular formula is C9H16N2OS. The fourth-order valence-corrected chi connectivity index (χ4v) is 1.77. The van der Waals surface area contributed by atoms with Gasteiger partial charge in [0.15, 0.2) is 0 Å². The third-order valence-corrected chi connectivity index (χ3v) is 3.22. The Kier molecular flexibility index (Phi) is 4.57. The van der Waals surface area contributed by atoms with E-state index >= 15 is 0 Å². The van der Waals surface area contributed by atoms with Gasteiger partial charge in [0.05, 0.1) is 12.7 Å². The topological polar surface area (TPSA) is 56.0 Å². The first-order chi connectivity index (χ1) is 6.26. The van der Waals surface area contributed by atoms with Crippen LogP contribution >= 0.6 is 11.8 Å². The zero-order valence-corrected chi connectivity index (χ0v) is 8.68. The second-order valence-corrected chi connectivity index (χ2v) is 4.92. The number of hydrogen-bond acceptors (Lipinski definition) is 4. The van der Waals surface area contributed by atoms with Crippen molar-refractivity contribution in [3.05, 3.63) is 0 Å². The van der Waals surface area contributed by atoms with Crippen LogP contribution in [-0.2, 0) is 0 Å².